The summed E-state index contributed by atoms with van der Waals surface area (Å²) in [4.78, 5) is 17.0. The Morgan fingerprint density at radius 3 is 2.45 bits per heavy atom. The third kappa shape index (κ3) is 5.69. The van der Waals surface area contributed by atoms with E-state index in [2.05, 4.69) is 72.3 Å². The number of rotatable bonds is 11. The minimum Gasteiger partial charge on any atom is -0.356 e. The number of amides is 1. The van der Waals surface area contributed by atoms with Gasteiger partial charge in [-0.25, -0.2) is 4.98 Å². The van der Waals surface area contributed by atoms with Crippen LogP contribution in [0.1, 0.15) is 50.9 Å². The average Bonchev–Trinajstić information content (AvgIpc) is 3.10. The number of nitrogens with zero attached hydrogens (tertiary/aromatic N) is 2. The molecule has 0 bridgehead atoms. The van der Waals surface area contributed by atoms with Crippen molar-refractivity contribution in [3.8, 4) is 0 Å². The molecule has 0 atom stereocenters. The molecule has 0 saturated carbocycles. The van der Waals surface area contributed by atoms with Crippen LogP contribution >= 0.6 is 0 Å². The maximum atomic E-state index is 12.2. The first-order valence-electron chi connectivity index (χ1n) is 11.0. The molecule has 0 saturated heterocycles. The van der Waals surface area contributed by atoms with Gasteiger partial charge in [-0.2, -0.15) is 0 Å². The van der Waals surface area contributed by atoms with E-state index < -0.39 is 0 Å². The summed E-state index contributed by atoms with van der Waals surface area (Å²) >= 11 is 0. The van der Waals surface area contributed by atoms with Gasteiger partial charge in [0.1, 0.15) is 5.82 Å². The third-order valence-electron chi connectivity index (χ3n) is 5.66. The van der Waals surface area contributed by atoms with E-state index in [1.54, 1.807) is 0 Å². The summed E-state index contributed by atoms with van der Waals surface area (Å²) in [5.74, 6) is 1.44. The van der Waals surface area contributed by atoms with Crippen molar-refractivity contribution >= 4 is 16.9 Å². The third-order valence-corrected chi connectivity index (χ3v) is 5.66. The lowest BCUT2D eigenvalue weighted by Gasteiger charge is -2.13. The number of nitrogens with one attached hydrogen (secondary N) is 1. The maximum Gasteiger partial charge on any atom is 0.223 e. The molecule has 1 amide bonds. The van der Waals surface area contributed by atoms with E-state index in [0.717, 1.165) is 56.4 Å². The van der Waals surface area contributed by atoms with Gasteiger partial charge < -0.3 is 9.88 Å². The van der Waals surface area contributed by atoms with Gasteiger partial charge >= 0.3 is 0 Å². The number of aromatic nitrogens is 2. The smallest absolute Gasteiger partial charge is 0.223 e. The molecule has 3 rings (SSSR count). The van der Waals surface area contributed by atoms with Crippen LogP contribution in [0, 0.1) is 5.92 Å². The fourth-order valence-electron chi connectivity index (χ4n) is 3.91. The van der Waals surface area contributed by atoms with Crippen molar-refractivity contribution in [2.45, 2.75) is 58.9 Å². The van der Waals surface area contributed by atoms with E-state index in [1.165, 1.54) is 11.1 Å². The zero-order valence-electron chi connectivity index (χ0n) is 17.7. The normalized spacial score (nSPS) is 11.3. The van der Waals surface area contributed by atoms with Crippen LogP contribution in [0.5, 0.6) is 0 Å². The lowest BCUT2D eigenvalue weighted by Crippen LogP contribution is -2.31. The first kappa shape index (κ1) is 21.1. The van der Waals surface area contributed by atoms with Crippen LogP contribution in [0.25, 0.3) is 11.0 Å². The van der Waals surface area contributed by atoms with E-state index in [4.69, 9.17) is 4.98 Å². The molecule has 1 aromatic heterocycles. The Morgan fingerprint density at radius 1 is 0.966 bits per heavy atom. The first-order chi connectivity index (χ1) is 14.2. The second-order valence-electron chi connectivity index (χ2n) is 7.67. The van der Waals surface area contributed by atoms with Gasteiger partial charge in [0.15, 0.2) is 0 Å². The Bertz CT molecular complexity index is 897. The van der Waals surface area contributed by atoms with Gasteiger partial charge in [0, 0.05) is 25.4 Å². The van der Waals surface area contributed by atoms with Crippen molar-refractivity contribution in [2.75, 3.05) is 6.54 Å². The molecule has 0 aliphatic carbocycles. The van der Waals surface area contributed by atoms with E-state index in [-0.39, 0.29) is 11.8 Å². The van der Waals surface area contributed by atoms with Crippen LogP contribution < -0.4 is 5.32 Å². The topological polar surface area (TPSA) is 46.9 Å². The summed E-state index contributed by atoms with van der Waals surface area (Å²) in [5, 5.41) is 3.10. The van der Waals surface area contributed by atoms with E-state index >= 15 is 0 Å². The van der Waals surface area contributed by atoms with Crippen LogP contribution in [0.15, 0.2) is 54.6 Å². The predicted octanol–water partition coefficient (Wildman–Crippen LogP) is 5.15. The first-order valence-corrected chi connectivity index (χ1v) is 11.0. The molecule has 3 aromatic rings. The van der Waals surface area contributed by atoms with Crippen molar-refractivity contribution in [1.82, 2.24) is 14.9 Å². The Morgan fingerprint density at radius 2 is 1.69 bits per heavy atom. The monoisotopic (exact) mass is 391 g/mol. The molecule has 0 fully saturated rings. The van der Waals surface area contributed by atoms with Crippen molar-refractivity contribution in [1.29, 1.82) is 0 Å². The number of aryl methyl sites for hydroxylation is 3. The summed E-state index contributed by atoms with van der Waals surface area (Å²) in [7, 11) is 0. The molecule has 1 heterocycles. The number of hydrogen-bond donors (Lipinski definition) is 1. The zero-order chi connectivity index (χ0) is 20.5. The molecule has 29 heavy (non-hydrogen) atoms. The fraction of sp³-hybridized carbons (Fsp3) is 0.440. The average molecular weight is 392 g/mol. The summed E-state index contributed by atoms with van der Waals surface area (Å²) in [6.07, 6.45) is 5.75. The number of benzene rings is 2. The van der Waals surface area contributed by atoms with Gasteiger partial charge in [-0.1, -0.05) is 56.3 Å². The van der Waals surface area contributed by atoms with Gasteiger partial charge in [-0.3, -0.25) is 4.79 Å². The molecule has 4 heteroatoms. The molecular formula is C25H33N3O. The predicted molar refractivity (Wildman–Crippen MR) is 120 cm³/mol. The standard InChI is InChI=1S/C25H33N3O/c1-3-21(4-2)25(29)26-18-10-17-24-27-22-15-8-9-16-23(22)28(24)19-11-14-20-12-6-5-7-13-20/h5-9,12-13,15-16,21H,3-4,10-11,14,17-19H2,1-2H3,(H,26,29). The van der Waals surface area contributed by atoms with E-state index in [1.807, 2.05) is 6.07 Å². The minimum absolute atomic E-state index is 0.137. The van der Waals surface area contributed by atoms with Crippen LogP contribution in [0.3, 0.4) is 0 Å². The maximum absolute atomic E-state index is 12.2. The fourth-order valence-corrected chi connectivity index (χ4v) is 3.91. The van der Waals surface area contributed by atoms with Gasteiger partial charge in [0.25, 0.3) is 0 Å². The van der Waals surface area contributed by atoms with Crippen LogP contribution in [-0.4, -0.2) is 22.0 Å². The van der Waals surface area contributed by atoms with Crippen molar-refractivity contribution in [3.05, 3.63) is 66.0 Å². The highest BCUT2D eigenvalue weighted by Gasteiger charge is 2.14. The van der Waals surface area contributed by atoms with E-state index in [0.29, 0.717) is 6.54 Å². The summed E-state index contributed by atoms with van der Waals surface area (Å²) in [6.45, 7) is 5.82. The highest BCUT2D eigenvalue weighted by atomic mass is 16.1. The van der Waals surface area contributed by atoms with Gasteiger partial charge in [-0.15, -0.1) is 0 Å². The lowest BCUT2D eigenvalue weighted by molar-refractivity contribution is -0.125. The molecule has 0 radical (unpaired) electrons. The molecular weight excluding hydrogens is 358 g/mol. The highest BCUT2D eigenvalue weighted by molar-refractivity contribution is 5.78. The molecule has 154 valence electrons. The number of para-hydroxylation sites is 2. The molecule has 0 unspecified atom stereocenters. The van der Waals surface area contributed by atoms with Gasteiger partial charge in [0.2, 0.25) is 5.91 Å². The summed E-state index contributed by atoms with van der Waals surface area (Å²) < 4.78 is 2.36. The van der Waals surface area contributed by atoms with Crippen molar-refractivity contribution in [3.63, 3.8) is 0 Å². The van der Waals surface area contributed by atoms with Crippen LogP contribution in [0.2, 0.25) is 0 Å². The Kier molecular flexibility index (Phi) is 7.85. The Hall–Kier alpha value is -2.62. The molecule has 1 N–H and O–H groups in total. The quantitative estimate of drug-likeness (QED) is 0.459. The lowest BCUT2D eigenvalue weighted by atomic mass is 10.0. The SMILES string of the molecule is CCC(CC)C(=O)NCCCc1nc2ccccc2n1CCCc1ccccc1. The minimum atomic E-state index is 0.137. The number of fused-ring (bicyclic) bond motifs is 1. The summed E-state index contributed by atoms with van der Waals surface area (Å²) in [5.41, 5.74) is 3.64. The Labute approximate surface area is 174 Å². The largest absolute Gasteiger partial charge is 0.356 e. The van der Waals surface area contributed by atoms with E-state index in [9.17, 15) is 4.79 Å². The second kappa shape index (κ2) is 10.8. The number of hydrogen-bond acceptors (Lipinski definition) is 2. The zero-order valence-corrected chi connectivity index (χ0v) is 17.7. The van der Waals surface area contributed by atoms with Crippen LogP contribution in [0.4, 0.5) is 0 Å². The molecule has 0 aliphatic rings. The number of carbonyl (C=O) groups excluding carboxylic acids is 1. The van der Waals surface area contributed by atoms with Crippen LogP contribution in [-0.2, 0) is 24.2 Å². The molecule has 4 nitrogen and oxygen atoms in total. The molecule has 0 aliphatic heterocycles. The highest BCUT2D eigenvalue weighted by Crippen LogP contribution is 2.18. The van der Waals surface area contributed by atoms with Crippen molar-refractivity contribution in [2.24, 2.45) is 5.92 Å². The van der Waals surface area contributed by atoms with Gasteiger partial charge in [0.05, 0.1) is 11.0 Å². The number of carbonyl (C=O) groups is 1. The summed E-state index contributed by atoms with van der Waals surface area (Å²) in [6, 6.07) is 19.0. The molecule has 2 aromatic carbocycles. The van der Waals surface area contributed by atoms with Crippen molar-refractivity contribution < 1.29 is 4.79 Å². The van der Waals surface area contributed by atoms with Gasteiger partial charge in [-0.05, 0) is 49.8 Å². The Balaban J connectivity index is 1.60. The molecule has 0 spiro atoms. The number of imidazole rings is 1. The second-order valence-corrected chi connectivity index (χ2v) is 7.67.